The molecule has 0 aliphatic rings. The van der Waals surface area contributed by atoms with E-state index in [0.29, 0.717) is 23.6 Å². The van der Waals surface area contributed by atoms with Crippen molar-refractivity contribution in [1.29, 1.82) is 0 Å². The zero-order valence-electron chi connectivity index (χ0n) is 9.57. The van der Waals surface area contributed by atoms with Gasteiger partial charge in [0, 0.05) is 24.4 Å². The Bertz CT molecular complexity index is 542. The van der Waals surface area contributed by atoms with Gasteiger partial charge in [-0.3, -0.25) is 4.98 Å². The van der Waals surface area contributed by atoms with Crippen LogP contribution in [0.1, 0.15) is 12.6 Å². The highest BCUT2D eigenvalue weighted by Gasteiger charge is 2.32. The van der Waals surface area contributed by atoms with Crippen molar-refractivity contribution < 1.29 is 13.2 Å². The first-order valence-electron chi connectivity index (χ1n) is 5.28. The van der Waals surface area contributed by atoms with Gasteiger partial charge in [-0.25, -0.2) is 4.68 Å². The van der Waals surface area contributed by atoms with Crippen molar-refractivity contribution in [3.63, 3.8) is 0 Å². The molecule has 0 saturated heterocycles. The summed E-state index contributed by atoms with van der Waals surface area (Å²) in [6.45, 7) is 2.47. The Balaban J connectivity index is 2.34. The number of halogens is 3. The Morgan fingerprint density at radius 2 is 2.06 bits per heavy atom. The number of anilines is 1. The number of aryl methyl sites for hydroxylation is 1. The summed E-state index contributed by atoms with van der Waals surface area (Å²) in [5.41, 5.74) is 5.78. The summed E-state index contributed by atoms with van der Waals surface area (Å²) >= 11 is 0. The SMILES string of the molecule is CCn1nc(-c2ccc(C(F)(F)F)nc2)cc1N. The molecule has 2 heterocycles. The fraction of sp³-hybridized carbons (Fsp3) is 0.273. The van der Waals surface area contributed by atoms with Crippen LogP contribution in [0.3, 0.4) is 0 Å². The smallest absolute Gasteiger partial charge is 0.384 e. The maximum atomic E-state index is 12.3. The van der Waals surface area contributed by atoms with Crippen LogP contribution in [0.15, 0.2) is 24.4 Å². The first kappa shape index (κ1) is 12.4. The van der Waals surface area contributed by atoms with E-state index in [1.165, 1.54) is 6.07 Å². The number of hydrogen-bond donors (Lipinski definition) is 1. The molecule has 0 unspecified atom stereocenters. The lowest BCUT2D eigenvalue weighted by molar-refractivity contribution is -0.141. The highest BCUT2D eigenvalue weighted by molar-refractivity contribution is 5.61. The van der Waals surface area contributed by atoms with E-state index in [-0.39, 0.29) is 0 Å². The molecule has 2 rings (SSSR count). The monoisotopic (exact) mass is 256 g/mol. The van der Waals surface area contributed by atoms with Crippen LogP contribution in [-0.2, 0) is 12.7 Å². The van der Waals surface area contributed by atoms with Crippen molar-refractivity contribution in [2.45, 2.75) is 19.6 Å². The van der Waals surface area contributed by atoms with Gasteiger partial charge in [-0.05, 0) is 19.1 Å². The third-order valence-corrected chi connectivity index (χ3v) is 2.46. The number of nitrogen functional groups attached to an aromatic ring is 1. The summed E-state index contributed by atoms with van der Waals surface area (Å²) in [7, 11) is 0. The molecule has 96 valence electrons. The Morgan fingerprint density at radius 1 is 1.33 bits per heavy atom. The van der Waals surface area contributed by atoms with E-state index in [0.717, 1.165) is 12.3 Å². The first-order valence-corrected chi connectivity index (χ1v) is 5.28. The normalized spacial score (nSPS) is 11.8. The Kier molecular flexibility index (Phi) is 2.98. The second-order valence-corrected chi connectivity index (χ2v) is 3.70. The van der Waals surface area contributed by atoms with Gasteiger partial charge >= 0.3 is 6.18 Å². The van der Waals surface area contributed by atoms with E-state index < -0.39 is 11.9 Å². The number of nitrogens with two attached hydrogens (primary N) is 1. The summed E-state index contributed by atoms with van der Waals surface area (Å²) in [4.78, 5) is 3.38. The Morgan fingerprint density at radius 3 is 2.50 bits per heavy atom. The molecule has 0 spiro atoms. The number of nitrogens with zero attached hydrogens (tertiary/aromatic N) is 3. The van der Waals surface area contributed by atoms with E-state index in [1.54, 1.807) is 10.7 Å². The third-order valence-electron chi connectivity index (χ3n) is 2.46. The van der Waals surface area contributed by atoms with Gasteiger partial charge in [-0.2, -0.15) is 18.3 Å². The zero-order chi connectivity index (χ0) is 13.3. The van der Waals surface area contributed by atoms with Gasteiger partial charge in [0.1, 0.15) is 11.5 Å². The van der Waals surface area contributed by atoms with Crippen LogP contribution >= 0.6 is 0 Å². The van der Waals surface area contributed by atoms with Crippen LogP contribution in [0.4, 0.5) is 19.0 Å². The van der Waals surface area contributed by atoms with Gasteiger partial charge in [0.2, 0.25) is 0 Å². The fourth-order valence-electron chi connectivity index (χ4n) is 1.54. The van der Waals surface area contributed by atoms with E-state index >= 15 is 0 Å². The molecule has 2 aromatic rings. The van der Waals surface area contributed by atoms with Crippen molar-refractivity contribution in [3.8, 4) is 11.3 Å². The highest BCUT2D eigenvalue weighted by Crippen LogP contribution is 2.28. The lowest BCUT2D eigenvalue weighted by Crippen LogP contribution is -2.07. The largest absolute Gasteiger partial charge is 0.433 e. The Hall–Kier alpha value is -2.05. The lowest BCUT2D eigenvalue weighted by atomic mass is 10.2. The van der Waals surface area contributed by atoms with E-state index in [1.807, 2.05) is 6.92 Å². The summed E-state index contributed by atoms with van der Waals surface area (Å²) in [5.74, 6) is 0.465. The quantitative estimate of drug-likeness (QED) is 0.898. The van der Waals surface area contributed by atoms with Crippen LogP contribution in [0.5, 0.6) is 0 Å². The number of rotatable bonds is 2. The van der Waals surface area contributed by atoms with Crippen molar-refractivity contribution in [2.24, 2.45) is 0 Å². The van der Waals surface area contributed by atoms with Crippen LogP contribution in [0.2, 0.25) is 0 Å². The summed E-state index contributed by atoms with van der Waals surface area (Å²) < 4.78 is 38.6. The average Bonchev–Trinajstić information content (AvgIpc) is 2.69. The highest BCUT2D eigenvalue weighted by atomic mass is 19.4. The Labute approximate surface area is 101 Å². The van der Waals surface area contributed by atoms with Gasteiger partial charge in [0.05, 0.1) is 5.69 Å². The second-order valence-electron chi connectivity index (χ2n) is 3.70. The lowest BCUT2D eigenvalue weighted by Gasteiger charge is -2.05. The van der Waals surface area contributed by atoms with Gasteiger partial charge in [0.15, 0.2) is 0 Å². The molecule has 18 heavy (non-hydrogen) atoms. The third kappa shape index (κ3) is 2.29. The molecular weight excluding hydrogens is 245 g/mol. The van der Waals surface area contributed by atoms with E-state index in [4.69, 9.17) is 5.73 Å². The van der Waals surface area contributed by atoms with Crippen molar-refractivity contribution >= 4 is 5.82 Å². The summed E-state index contributed by atoms with van der Waals surface area (Å²) in [6, 6.07) is 3.86. The minimum Gasteiger partial charge on any atom is -0.384 e. The zero-order valence-corrected chi connectivity index (χ0v) is 9.57. The molecule has 0 radical (unpaired) electrons. The standard InChI is InChI=1S/C11H11F3N4/c1-2-18-10(15)5-8(17-18)7-3-4-9(16-6-7)11(12,13)14/h3-6H,2,15H2,1H3. The molecule has 2 N–H and O–H groups in total. The van der Waals surface area contributed by atoms with Crippen molar-refractivity contribution in [1.82, 2.24) is 14.8 Å². The summed E-state index contributed by atoms with van der Waals surface area (Å²) in [5, 5.41) is 4.16. The van der Waals surface area contributed by atoms with Gasteiger partial charge in [-0.15, -0.1) is 0 Å². The number of alkyl halides is 3. The maximum absolute atomic E-state index is 12.3. The molecular formula is C11H11F3N4. The predicted octanol–water partition coefficient (Wildman–Crippen LogP) is 2.57. The topological polar surface area (TPSA) is 56.7 Å². The molecule has 0 fully saturated rings. The van der Waals surface area contributed by atoms with E-state index in [2.05, 4.69) is 10.1 Å². The van der Waals surface area contributed by atoms with Crippen molar-refractivity contribution in [2.75, 3.05) is 5.73 Å². The molecule has 2 aromatic heterocycles. The van der Waals surface area contributed by atoms with Gasteiger partial charge in [-0.1, -0.05) is 0 Å². The molecule has 0 aliphatic heterocycles. The molecule has 0 aliphatic carbocycles. The molecule has 0 saturated carbocycles. The number of aromatic nitrogens is 3. The molecule has 0 atom stereocenters. The average molecular weight is 256 g/mol. The van der Waals surface area contributed by atoms with Crippen LogP contribution in [0.25, 0.3) is 11.3 Å². The maximum Gasteiger partial charge on any atom is 0.433 e. The molecule has 4 nitrogen and oxygen atoms in total. The summed E-state index contributed by atoms with van der Waals surface area (Å²) in [6.07, 6.45) is -3.29. The minimum atomic E-state index is -4.43. The second kappa shape index (κ2) is 4.32. The molecule has 0 bridgehead atoms. The number of pyridine rings is 1. The molecule has 0 aromatic carbocycles. The molecule has 0 amide bonds. The predicted molar refractivity (Wildman–Crippen MR) is 60.5 cm³/mol. The molecule has 7 heteroatoms. The fourth-order valence-corrected chi connectivity index (χ4v) is 1.54. The minimum absolute atomic E-state index is 0.465. The van der Waals surface area contributed by atoms with Crippen LogP contribution in [0, 0.1) is 0 Å². The van der Waals surface area contributed by atoms with Crippen LogP contribution < -0.4 is 5.73 Å². The van der Waals surface area contributed by atoms with E-state index in [9.17, 15) is 13.2 Å². The van der Waals surface area contributed by atoms with Gasteiger partial charge in [0.25, 0.3) is 0 Å². The van der Waals surface area contributed by atoms with Crippen molar-refractivity contribution in [3.05, 3.63) is 30.1 Å². The number of hydrogen-bond acceptors (Lipinski definition) is 3. The van der Waals surface area contributed by atoms with Gasteiger partial charge < -0.3 is 5.73 Å². The first-order chi connectivity index (χ1) is 8.41. The van der Waals surface area contributed by atoms with Crippen LogP contribution in [-0.4, -0.2) is 14.8 Å².